The van der Waals surface area contributed by atoms with E-state index in [0.717, 1.165) is 24.2 Å². The molecule has 130 valence electrons. The third-order valence-electron chi connectivity index (χ3n) is 5.00. The van der Waals surface area contributed by atoms with E-state index in [2.05, 4.69) is 36.2 Å². The van der Waals surface area contributed by atoms with Gasteiger partial charge < -0.3 is 10.4 Å². The molecule has 0 amide bonds. The summed E-state index contributed by atoms with van der Waals surface area (Å²) in [4.78, 5) is 15.8. The Morgan fingerprint density at radius 1 is 1.38 bits per heavy atom. The fourth-order valence-electron chi connectivity index (χ4n) is 3.23. The van der Waals surface area contributed by atoms with Crippen LogP contribution in [0.3, 0.4) is 0 Å². The van der Waals surface area contributed by atoms with Crippen LogP contribution in [0.25, 0.3) is 5.65 Å². The van der Waals surface area contributed by atoms with Gasteiger partial charge in [0.05, 0.1) is 6.20 Å². The monoisotopic (exact) mass is 350 g/mol. The van der Waals surface area contributed by atoms with Gasteiger partial charge in [-0.1, -0.05) is 38.3 Å². The molecule has 3 rings (SSSR count). The number of hydrogen-bond donors (Lipinski definition) is 2. The molecular formula is C17H23ClN4O2. The third kappa shape index (κ3) is 2.95. The molecule has 0 bridgehead atoms. The van der Waals surface area contributed by atoms with Crippen molar-refractivity contribution in [2.75, 3.05) is 5.32 Å². The molecule has 0 saturated heterocycles. The molecule has 1 fully saturated rings. The Bertz CT molecular complexity index is 766. The van der Waals surface area contributed by atoms with Gasteiger partial charge in [0.2, 0.25) is 0 Å². The number of halogens is 1. The van der Waals surface area contributed by atoms with Crippen molar-refractivity contribution in [1.82, 2.24) is 14.6 Å². The Morgan fingerprint density at radius 3 is 2.62 bits per heavy atom. The molecular weight excluding hydrogens is 328 g/mol. The van der Waals surface area contributed by atoms with E-state index in [-0.39, 0.29) is 17.3 Å². The topological polar surface area (TPSA) is 79.5 Å². The summed E-state index contributed by atoms with van der Waals surface area (Å²) in [6.45, 7) is 6.38. The van der Waals surface area contributed by atoms with Gasteiger partial charge in [-0.25, -0.2) is 9.78 Å². The van der Waals surface area contributed by atoms with E-state index in [1.807, 2.05) is 0 Å². The lowest BCUT2D eigenvalue weighted by Crippen LogP contribution is -2.25. The highest BCUT2D eigenvalue weighted by Gasteiger charge is 2.28. The normalized spacial score (nSPS) is 16.9. The van der Waals surface area contributed by atoms with Crippen molar-refractivity contribution in [3.8, 4) is 0 Å². The molecule has 1 atom stereocenters. The van der Waals surface area contributed by atoms with Gasteiger partial charge in [-0.2, -0.15) is 9.61 Å². The molecule has 1 saturated carbocycles. The second kappa shape index (κ2) is 6.59. The largest absolute Gasteiger partial charge is 0.477 e. The molecule has 0 spiro atoms. The first kappa shape index (κ1) is 17.0. The van der Waals surface area contributed by atoms with Gasteiger partial charge in [-0.15, -0.1) is 0 Å². The number of anilines is 1. The Hall–Kier alpha value is -1.82. The summed E-state index contributed by atoms with van der Waals surface area (Å²) in [5, 5.41) is 17.5. The SMILES string of the molecule is CC(C)[C@H](C)Nc1c(C2CCCC2)c(Cl)nc2c(C(=O)O)cnn12. The number of nitrogens with one attached hydrogen (secondary N) is 1. The number of carboxylic acids is 1. The van der Waals surface area contributed by atoms with Gasteiger partial charge >= 0.3 is 5.97 Å². The molecule has 0 aromatic carbocycles. The van der Waals surface area contributed by atoms with Gasteiger partial charge in [-0.05, 0) is 31.6 Å². The van der Waals surface area contributed by atoms with Gasteiger partial charge in [0.1, 0.15) is 16.5 Å². The van der Waals surface area contributed by atoms with Crippen LogP contribution < -0.4 is 5.32 Å². The van der Waals surface area contributed by atoms with E-state index in [1.165, 1.54) is 19.0 Å². The third-order valence-corrected chi connectivity index (χ3v) is 5.28. The summed E-state index contributed by atoms with van der Waals surface area (Å²) in [7, 11) is 0. The Kier molecular flexibility index (Phi) is 4.67. The summed E-state index contributed by atoms with van der Waals surface area (Å²) < 4.78 is 1.60. The van der Waals surface area contributed by atoms with Crippen molar-refractivity contribution in [3.05, 3.63) is 22.5 Å². The van der Waals surface area contributed by atoms with Crippen LogP contribution in [0.2, 0.25) is 5.15 Å². The number of rotatable bonds is 5. The minimum atomic E-state index is -1.05. The van der Waals surface area contributed by atoms with Gasteiger partial charge in [0.15, 0.2) is 5.65 Å². The Labute approximate surface area is 146 Å². The molecule has 0 unspecified atom stereocenters. The van der Waals surface area contributed by atoms with Gasteiger partial charge in [0, 0.05) is 11.6 Å². The Morgan fingerprint density at radius 2 is 2.04 bits per heavy atom. The highest BCUT2D eigenvalue weighted by molar-refractivity contribution is 6.30. The van der Waals surface area contributed by atoms with E-state index in [4.69, 9.17) is 11.6 Å². The van der Waals surface area contributed by atoms with Crippen molar-refractivity contribution in [2.45, 2.75) is 58.4 Å². The molecule has 6 nitrogen and oxygen atoms in total. The van der Waals surface area contributed by atoms with E-state index in [9.17, 15) is 9.90 Å². The van der Waals surface area contributed by atoms with Crippen LogP contribution in [0.1, 0.15) is 68.3 Å². The predicted molar refractivity (Wildman–Crippen MR) is 94.1 cm³/mol. The van der Waals surface area contributed by atoms with Crippen LogP contribution in [-0.2, 0) is 0 Å². The summed E-state index contributed by atoms with van der Waals surface area (Å²) in [5.74, 6) is 0.488. The first-order valence-electron chi connectivity index (χ1n) is 8.47. The lowest BCUT2D eigenvalue weighted by molar-refractivity contribution is 0.0699. The minimum Gasteiger partial charge on any atom is -0.477 e. The maximum absolute atomic E-state index is 11.4. The lowest BCUT2D eigenvalue weighted by Gasteiger charge is -2.24. The van der Waals surface area contributed by atoms with Crippen LogP contribution >= 0.6 is 11.6 Å². The van der Waals surface area contributed by atoms with E-state index < -0.39 is 5.97 Å². The molecule has 0 aliphatic heterocycles. The lowest BCUT2D eigenvalue weighted by atomic mass is 9.98. The molecule has 2 heterocycles. The number of carbonyl (C=O) groups is 1. The zero-order chi connectivity index (χ0) is 17.4. The molecule has 0 radical (unpaired) electrons. The molecule has 2 aromatic rings. The van der Waals surface area contributed by atoms with E-state index >= 15 is 0 Å². The number of fused-ring (bicyclic) bond motifs is 1. The zero-order valence-electron chi connectivity index (χ0n) is 14.2. The van der Waals surface area contributed by atoms with Crippen molar-refractivity contribution in [2.24, 2.45) is 5.92 Å². The van der Waals surface area contributed by atoms with E-state index in [1.54, 1.807) is 4.52 Å². The predicted octanol–water partition coefficient (Wildman–Crippen LogP) is 4.19. The van der Waals surface area contributed by atoms with Crippen molar-refractivity contribution in [1.29, 1.82) is 0 Å². The summed E-state index contributed by atoms with van der Waals surface area (Å²) >= 11 is 6.50. The van der Waals surface area contributed by atoms with Crippen molar-refractivity contribution in [3.63, 3.8) is 0 Å². The van der Waals surface area contributed by atoms with Crippen LogP contribution in [-0.4, -0.2) is 31.7 Å². The molecule has 2 N–H and O–H groups in total. The number of aromatic nitrogens is 3. The standard InChI is InChI=1S/C17H23ClN4O2/c1-9(2)10(3)20-16-13(11-6-4-5-7-11)14(18)21-15-12(17(23)24)8-19-22(15)16/h8-11,20H,4-7H2,1-3H3,(H,23,24)/t10-/m0/s1. The highest BCUT2D eigenvalue weighted by Crippen LogP contribution is 2.41. The summed E-state index contributed by atoms with van der Waals surface area (Å²) in [6, 6.07) is 0.198. The Balaban J connectivity index is 2.20. The molecule has 2 aromatic heterocycles. The smallest absolute Gasteiger partial charge is 0.341 e. The maximum Gasteiger partial charge on any atom is 0.341 e. The fraction of sp³-hybridized carbons (Fsp3) is 0.588. The van der Waals surface area contributed by atoms with Gasteiger partial charge in [-0.3, -0.25) is 0 Å². The first-order valence-corrected chi connectivity index (χ1v) is 8.85. The van der Waals surface area contributed by atoms with Crippen molar-refractivity contribution >= 4 is 29.0 Å². The molecule has 1 aliphatic rings. The maximum atomic E-state index is 11.4. The summed E-state index contributed by atoms with van der Waals surface area (Å²) in [5.41, 5.74) is 1.32. The number of aromatic carboxylic acids is 1. The van der Waals surface area contributed by atoms with Crippen molar-refractivity contribution < 1.29 is 9.90 Å². The first-order chi connectivity index (χ1) is 11.4. The minimum absolute atomic E-state index is 0.0649. The summed E-state index contributed by atoms with van der Waals surface area (Å²) in [6.07, 6.45) is 5.84. The zero-order valence-corrected chi connectivity index (χ0v) is 15.0. The quantitative estimate of drug-likeness (QED) is 0.790. The molecule has 24 heavy (non-hydrogen) atoms. The molecule has 7 heteroatoms. The number of hydrogen-bond acceptors (Lipinski definition) is 4. The molecule has 1 aliphatic carbocycles. The highest BCUT2D eigenvalue weighted by atomic mass is 35.5. The second-order valence-corrected chi connectivity index (χ2v) is 7.28. The number of carboxylic acid groups (broad SMARTS) is 1. The number of nitrogens with zero attached hydrogens (tertiary/aromatic N) is 3. The average Bonchev–Trinajstić information content (AvgIpc) is 3.15. The van der Waals surface area contributed by atoms with Crippen LogP contribution in [0.15, 0.2) is 6.20 Å². The van der Waals surface area contributed by atoms with E-state index in [0.29, 0.717) is 17.0 Å². The fourth-order valence-corrected chi connectivity index (χ4v) is 3.55. The van der Waals surface area contributed by atoms with Crippen LogP contribution in [0, 0.1) is 5.92 Å². The van der Waals surface area contributed by atoms with Gasteiger partial charge in [0.25, 0.3) is 0 Å². The van der Waals surface area contributed by atoms with Crippen LogP contribution in [0.4, 0.5) is 5.82 Å². The second-order valence-electron chi connectivity index (χ2n) is 6.92. The average molecular weight is 351 g/mol. The van der Waals surface area contributed by atoms with Crippen LogP contribution in [0.5, 0.6) is 0 Å².